The summed E-state index contributed by atoms with van der Waals surface area (Å²) in [5.41, 5.74) is 1.71. The molecule has 2 aromatic rings. The maximum Gasteiger partial charge on any atom is 0.271 e. The molecule has 2 aliphatic rings. The molecule has 0 spiro atoms. The molecule has 0 unspecified atom stereocenters. The second-order valence-corrected chi connectivity index (χ2v) is 7.21. The van der Waals surface area contributed by atoms with E-state index in [0.717, 1.165) is 17.0 Å². The van der Waals surface area contributed by atoms with Gasteiger partial charge in [-0.2, -0.15) is 0 Å². The van der Waals surface area contributed by atoms with E-state index in [1.54, 1.807) is 4.90 Å². The summed E-state index contributed by atoms with van der Waals surface area (Å²) in [6.45, 7) is 4.23. The van der Waals surface area contributed by atoms with E-state index in [0.29, 0.717) is 15.8 Å². The molecule has 0 bridgehead atoms. The third kappa shape index (κ3) is 3.20. The Morgan fingerprint density at radius 2 is 1.88 bits per heavy atom. The van der Waals surface area contributed by atoms with Crippen LogP contribution in [0.3, 0.4) is 0 Å². The molecule has 6 heteroatoms. The number of anilines is 1. The zero-order valence-corrected chi connectivity index (χ0v) is 15.3. The van der Waals surface area contributed by atoms with Gasteiger partial charge in [0.05, 0.1) is 10.6 Å². The Kier molecular flexibility index (Phi) is 4.42. The van der Waals surface area contributed by atoms with Crippen LogP contribution in [0.2, 0.25) is 0 Å². The lowest BCUT2D eigenvalue weighted by atomic mass is 10.2. The molecule has 1 saturated heterocycles. The number of para-hydroxylation sites is 1. The Morgan fingerprint density at radius 1 is 1.12 bits per heavy atom. The van der Waals surface area contributed by atoms with Crippen molar-refractivity contribution in [1.82, 2.24) is 0 Å². The monoisotopic (exact) mass is 366 g/mol. The van der Waals surface area contributed by atoms with Gasteiger partial charge in [-0.3, -0.25) is 14.7 Å². The molecule has 26 heavy (non-hydrogen) atoms. The Hall–Kier alpha value is -2.73. The van der Waals surface area contributed by atoms with Crippen LogP contribution < -0.4 is 14.4 Å². The zero-order valence-electron chi connectivity index (χ0n) is 14.5. The number of carbonyl (C=O) groups is 1. The number of thioether (sulfide) groups is 1. The van der Waals surface area contributed by atoms with Crippen LogP contribution >= 0.6 is 11.8 Å². The van der Waals surface area contributed by atoms with Crippen LogP contribution in [0.25, 0.3) is 6.08 Å². The van der Waals surface area contributed by atoms with Gasteiger partial charge in [-0.25, -0.2) is 0 Å². The number of hydrogen-bond acceptors (Lipinski definition) is 5. The molecule has 4 rings (SSSR count). The van der Waals surface area contributed by atoms with Crippen molar-refractivity contribution in [2.24, 2.45) is 4.99 Å². The summed E-state index contributed by atoms with van der Waals surface area (Å²) in [5.74, 6) is 1.36. The molecule has 0 atom stereocenters. The second-order valence-electron chi connectivity index (χ2n) is 6.20. The number of carbonyl (C=O) groups excluding carboxylic acids is 1. The van der Waals surface area contributed by atoms with E-state index in [-0.39, 0.29) is 18.7 Å². The third-order valence-corrected chi connectivity index (χ3v) is 4.87. The molecule has 132 valence electrons. The van der Waals surface area contributed by atoms with Gasteiger partial charge >= 0.3 is 0 Å². The summed E-state index contributed by atoms with van der Waals surface area (Å²) >= 11 is 1.39. The van der Waals surface area contributed by atoms with Crippen molar-refractivity contribution in [3.63, 3.8) is 0 Å². The van der Waals surface area contributed by atoms with E-state index < -0.39 is 0 Å². The number of hydrogen-bond donors (Lipinski definition) is 0. The lowest BCUT2D eigenvalue weighted by Gasteiger charge is -2.16. The van der Waals surface area contributed by atoms with Gasteiger partial charge in [0.2, 0.25) is 6.79 Å². The van der Waals surface area contributed by atoms with Crippen molar-refractivity contribution in [3.05, 3.63) is 59.0 Å². The molecular formula is C20H18N2O3S. The molecule has 1 fully saturated rings. The molecular weight excluding hydrogens is 348 g/mol. The Morgan fingerprint density at radius 3 is 2.65 bits per heavy atom. The fraction of sp³-hybridized carbons (Fsp3) is 0.200. The number of fused-ring (bicyclic) bond motifs is 1. The molecule has 0 aliphatic carbocycles. The summed E-state index contributed by atoms with van der Waals surface area (Å²) < 4.78 is 10.8. The first-order chi connectivity index (χ1) is 12.6. The molecule has 1 amide bonds. The first kappa shape index (κ1) is 16.7. The van der Waals surface area contributed by atoms with Gasteiger partial charge in [0, 0.05) is 6.04 Å². The SMILES string of the molecule is CC(C)/N=C1\S/C(=C\c2ccc3c(c2)OCO3)C(=O)N1c1ccccc1. The van der Waals surface area contributed by atoms with Crippen LogP contribution in [0.15, 0.2) is 58.4 Å². The lowest BCUT2D eigenvalue weighted by molar-refractivity contribution is -0.113. The van der Waals surface area contributed by atoms with Crippen molar-refractivity contribution in [2.75, 3.05) is 11.7 Å². The van der Waals surface area contributed by atoms with Crippen molar-refractivity contribution in [3.8, 4) is 11.5 Å². The highest BCUT2D eigenvalue weighted by atomic mass is 32.2. The number of aliphatic imine (C=N–C) groups is 1. The normalized spacial score (nSPS) is 19.2. The summed E-state index contributed by atoms with van der Waals surface area (Å²) in [5, 5.41) is 0.697. The van der Waals surface area contributed by atoms with Crippen molar-refractivity contribution >= 4 is 34.6 Å². The topological polar surface area (TPSA) is 51.1 Å². The molecule has 0 saturated carbocycles. The van der Waals surface area contributed by atoms with Crippen molar-refractivity contribution in [2.45, 2.75) is 19.9 Å². The van der Waals surface area contributed by atoms with Gasteiger partial charge in [-0.1, -0.05) is 24.3 Å². The van der Waals surface area contributed by atoms with Gasteiger partial charge in [-0.15, -0.1) is 0 Å². The summed E-state index contributed by atoms with van der Waals surface area (Å²) in [4.78, 5) is 20.0. The van der Waals surface area contributed by atoms with Crippen LogP contribution in [0.1, 0.15) is 19.4 Å². The maximum absolute atomic E-state index is 13.0. The largest absolute Gasteiger partial charge is 0.454 e. The van der Waals surface area contributed by atoms with Crippen LogP contribution in [0.4, 0.5) is 5.69 Å². The highest BCUT2D eigenvalue weighted by Crippen LogP contribution is 2.38. The summed E-state index contributed by atoms with van der Waals surface area (Å²) in [6, 6.07) is 15.3. The van der Waals surface area contributed by atoms with E-state index >= 15 is 0 Å². The Labute approximate surface area is 156 Å². The molecule has 2 aromatic carbocycles. The van der Waals surface area contributed by atoms with E-state index in [4.69, 9.17) is 9.47 Å². The first-order valence-corrected chi connectivity index (χ1v) is 9.20. The molecule has 0 N–H and O–H groups in total. The van der Waals surface area contributed by atoms with Crippen LogP contribution in [0, 0.1) is 0 Å². The minimum absolute atomic E-state index is 0.0710. The van der Waals surface area contributed by atoms with Crippen molar-refractivity contribution < 1.29 is 14.3 Å². The fourth-order valence-electron chi connectivity index (χ4n) is 2.74. The zero-order chi connectivity index (χ0) is 18.1. The molecule has 0 aromatic heterocycles. The summed E-state index contributed by atoms with van der Waals surface area (Å²) in [7, 11) is 0. The highest BCUT2D eigenvalue weighted by molar-refractivity contribution is 8.19. The third-order valence-electron chi connectivity index (χ3n) is 3.88. The van der Waals surface area contributed by atoms with E-state index in [1.165, 1.54) is 11.8 Å². The molecule has 0 radical (unpaired) electrons. The number of ether oxygens (including phenoxy) is 2. The maximum atomic E-state index is 13.0. The smallest absolute Gasteiger partial charge is 0.271 e. The van der Waals surface area contributed by atoms with Crippen LogP contribution in [0.5, 0.6) is 11.5 Å². The van der Waals surface area contributed by atoms with Gasteiger partial charge in [0.1, 0.15) is 0 Å². The number of benzene rings is 2. The van der Waals surface area contributed by atoms with Gasteiger partial charge in [-0.05, 0) is 61.5 Å². The second kappa shape index (κ2) is 6.88. The Balaban J connectivity index is 1.71. The van der Waals surface area contributed by atoms with E-state index in [9.17, 15) is 4.79 Å². The first-order valence-electron chi connectivity index (χ1n) is 8.38. The number of amidine groups is 1. The number of amides is 1. The number of rotatable bonds is 3. The van der Waals surface area contributed by atoms with Crippen molar-refractivity contribution in [1.29, 1.82) is 0 Å². The standard InChI is InChI=1S/C20H18N2O3S/c1-13(2)21-20-22(15-6-4-3-5-7-15)19(23)18(26-20)11-14-8-9-16-17(10-14)25-12-24-16/h3-11,13H,12H2,1-2H3/b18-11-,21-20-. The highest BCUT2D eigenvalue weighted by Gasteiger charge is 2.34. The average molecular weight is 366 g/mol. The van der Waals surface area contributed by atoms with Crippen LogP contribution in [-0.2, 0) is 4.79 Å². The van der Waals surface area contributed by atoms with E-state index in [1.807, 2.05) is 68.5 Å². The minimum atomic E-state index is -0.0710. The summed E-state index contributed by atoms with van der Waals surface area (Å²) in [6.07, 6.45) is 1.87. The predicted molar refractivity (Wildman–Crippen MR) is 105 cm³/mol. The average Bonchev–Trinajstić information content (AvgIpc) is 3.20. The predicted octanol–water partition coefficient (Wildman–Crippen LogP) is 4.30. The lowest BCUT2D eigenvalue weighted by Crippen LogP contribution is -2.29. The Bertz CT molecular complexity index is 907. The molecule has 2 aliphatic heterocycles. The van der Waals surface area contributed by atoms with Gasteiger partial charge in [0.15, 0.2) is 16.7 Å². The molecule has 5 nitrogen and oxygen atoms in total. The minimum Gasteiger partial charge on any atom is -0.454 e. The molecule has 2 heterocycles. The quantitative estimate of drug-likeness (QED) is 0.760. The number of nitrogens with zero attached hydrogens (tertiary/aromatic N) is 2. The van der Waals surface area contributed by atoms with E-state index in [2.05, 4.69) is 4.99 Å². The van der Waals surface area contributed by atoms with Crippen LogP contribution in [-0.4, -0.2) is 23.9 Å². The van der Waals surface area contributed by atoms with Gasteiger partial charge in [0.25, 0.3) is 5.91 Å². The van der Waals surface area contributed by atoms with Gasteiger partial charge < -0.3 is 9.47 Å². The fourth-order valence-corrected chi connectivity index (χ4v) is 3.85.